The Morgan fingerprint density at radius 2 is 1.95 bits per heavy atom. The minimum Gasteiger partial charge on any atom is -0.475 e. The van der Waals surface area contributed by atoms with Crippen LogP contribution in [0.15, 0.2) is 59.3 Å². The van der Waals surface area contributed by atoms with Crippen molar-refractivity contribution in [2.75, 3.05) is 0 Å². The molecule has 2 aromatic heterocycles. The molecule has 0 aliphatic rings. The summed E-state index contributed by atoms with van der Waals surface area (Å²) < 4.78 is 6.92. The molecular formula is C15H12N2O3. The molecule has 0 fully saturated rings. The highest BCUT2D eigenvalue weighted by Crippen LogP contribution is 2.18. The van der Waals surface area contributed by atoms with E-state index >= 15 is 0 Å². The molecule has 0 spiro atoms. The van der Waals surface area contributed by atoms with Crippen molar-refractivity contribution in [3.8, 4) is 11.1 Å². The van der Waals surface area contributed by atoms with Gasteiger partial charge in [-0.05, 0) is 17.7 Å². The van der Waals surface area contributed by atoms with Gasteiger partial charge in [0.2, 0.25) is 5.76 Å². The molecule has 5 heteroatoms. The number of benzene rings is 1. The molecule has 5 nitrogen and oxygen atoms in total. The molecule has 100 valence electrons. The predicted octanol–water partition coefficient (Wildman–Crippen LogP) is 2.89. The molecule has 0 radical (unpaired) electrons. The maximum atomic E-state index is 10.7. The molecule has 0 saturated carbocycles. The lowest BCUT2D eigenvalue weighted by atomic mass is 10.1. The van der Waals surface area contributed by atoms with E-state index in [0.29, 0.717) is 12.3 Å². The number of carbonyl (C=O) groups is 1. The monoisotopic (exact) mass is 268 g/mol. The van der Waals surface area contributed by atoms with Crippen molar-refractivity contribution in [1.29, 1.82) is 0 Å². The second kappa shape index (κ2) is 5.05. The first-order valence-corrected chi connectivity index (χ1v) is 6.12. The summed E-state index contributed by atoms with van der Waals surface area (Å²) >= 11 is 0. The van der Waals surface area contributed by atoms with Crippen molar-refractivity contribution < 1.29 is 14.3 Å². The average molecular weight is 268 g/mol. The van der Waals surface area contributed by atoms with E-state index in [1.807, 2.05) is 36.5 Å². The highest BCUT2D eigenvalue weighted by atomic mass is 16.4. The van der Waals surface area contributed by atoms with Crippen molar-refractivity contribution in [3.63, 3.8) is 0 Å². The molecule has 0 atom stereocenters. The number of carboxylic acid groups (broad SMARTS) is 1. The number of hydrogen-bond donors (Lipinski definition) is 1. The smallest absolute Gasteiger partial charge is 0.371 e. The first-order chi connectivity index (χ1) is 9.72. The summed E-state index contributed by atoms with van der Waals surface area (Å²) in [4.78, 5) is 10.7. The lowest BCUT2D eigenvalue weighted by Gasteiger charge is -1.97. The Morgan fingerprint density at radius 1 is 1.15 bits per heavy atom. The summed E-state index contributed by atoms with van der Waals surface area (Å²) in [6.45, 7) is 0.403. The molecule has 1 N–H and O–H groups in total. The minimum absolute atomic E-state index is 0.0598. The summed E-state index contributed by atoms with van der Waals surface area (Å²) in [5.41, 5.74) is 2.10. The van der Waals surface area contributed by atoms with E-state index in [9.17, 15) is 4.79 Å². The van der Waals surface area contributed by atoms with Crippen molar-refractivity contribution >= 4 is 5.97 Å². The quantitative estimate of drug-likeness (QED) is 0.790. The fraction of sp³-hybridized carbons (Fsp3) is 0.0667. The van der Waals surface area contributed by atoms with Gasteiger partial charge in [0.1, 0.15) is 5.76 Å². The summed E-state index contributed by atoms with van der Waals surface area (Å²) in [5.74, 6) is -0.567. The van der Waals surface area contributed by atoms with Crippen molar-refractivity contribution in [1.82, 2.24) is 9.78 Å². The molecule has 0 bridgehead atoms. The minimum atomic E-state index is -1.07. The SMILES string of the molecule is O=C(O)c1ccc(Cn2cc(-c3ccccc3)cn2)o1. The van der Waals surface area contributed by atoms with E-state index in [1.165, 1.54) is 6.07 Å². The molecule has 20 heavy (non-hydrogen) atoms. The van der Waals surface area contributed by atoms with Gasteiger partial charge in [0, 0.05) is 11.8 Å². The van der Waals surface area contributed by atoms with Gasteiger partial charge in [0.25, 0.3) is 0 Å². The average Bonchev–Trinajstić information content (AvgIpc) is 3.10. The number of aromatic nitrogens is 2. The second-order valence-electron chi connectivity index (χ2n) is 4.36. The van der Waals surface area contributed by atoms with Gasteiger partial charge in [-0.15, -0.1) is 0 Å². The van der Waals surface area contributed by atoms with Crippen LogP contribution in [0.1, 0.15) is 16.3 Å². The molecule has 1 aromatic carbocycles. The fourth-order valence-corrected chi connectivity index (χ4v) is 1.97. The van der Waals surface area contributed by atoms with Crippen molar-refractivity contribution in [3.05, 3.63) is 66.4 Å². The zero-order valence-electron chi connectivity index (χ0n) is 10.6. The zero-order valence-corrected chi connectivity index (χ0v) is 10.6. The largest absolute Gasteiger partial charge is 0.475 e. The van der Waals surface area contributed by atoms with Gasteiger partial charge < -0.3 is 9.52 Å². The van der Waals surface area contributed by atoms with Gasteiger partial charge in [-0.2, -0.15) is 5.10 Å². The van der Waals surface area contributed by atoms with Crippen LogP contribution in [-0.4, -0.2) is 20.9 Å². The topological polar surface area (TPSA) is 68.3 Å². The lowest BCUT2D eigenvalue weighted by Crippen LogP contribution is -1.98. The van der Waals surface area contributed by atoms with Crippen LogP contribution in [0.4, 0.5) is 0 Å². The van der Waals surface area contributed by atoms with E-state index in [-0.39, 0.29) is 5.76 Å². The third-order valence-corrected chi connectivity index (χ3v) is 2.93. The highest BCUT2D eigenvalue weighted by molar-refractivity contribution is 5.84. The van der Waals surface area contributed by atoms with E-state index in [0.717, 1.165) is 11.1 Å². The summed E-state index contributed by atoms with van der Waals surface area (Å²) in [6, 6.07) is 13.0. The maximum absolute atomic E-state index is 10.7. The third kappa shape index (κ3) is 2.47. The van der Waals surface area contributed by atoms with Crippen LogP contribution < -0.4 is 0 Å². The van der Waals surface area contributed by atoms with Gasteiger partial charge in [-0.3, -0.25) is 4.68 Å². The fourth-order valence-electron chi connectivity index (χ4n) is 1.97. The summed E-state index contributed by atoms with van der Waals surface area (Å²) in [5, 5.41) is 13.1. The third-order valence-electron chi connectivity index (χ3n) is 2.93. The lowest BCUT2D eigenvalue weighted by molar-refractivity contribution is 0.0660. The summed E-state index contributed by atoms with van der Waals surface area (Å²) in [6.07, 6.45) is 3.68. The van der Waals surface area contributed by atoms with Crippen molar-refractivity contribution in [2.24, 2.45) is 0 Å². The van der Waals surface area contributed by atoms with E-state index in [4.69, 9.17) is 9.52 Å². The maximum Gasteiger partial charge on any atom is 0.371 e. The molecule has 0 aliphatic carbocycles. The van der Waals surface area contributed by atoms with E-state index in [2.05, 4.69) is 5.10 Å². The highest BCUT2D eigenvalue weighted by Gasteiger charge is 2.09. The molecular weight excluding hydrogens is 256 g/mol. The number of hydrogen-bond acceptors (Lipinski definition) is 3. The van der Waals surface area contributed by atoms with Crippen LogP contribution in [-0.2, 0) is 6.54 Å². The number of carboxylic acids is 1. The Bertz CT molecular complexity index is 728. The van der Waals surface area contributed by atoms with Crippen molar-refractivity contribution in [2.45, 2.75) is 6.54 Å². The van der Waals surface area contributed by atoms with E-state index < -0.39 is 5.97 Å². The Kier molecular flexibility index (Phi) is 3.09. The van der Waals surface area contributed by atoms with Crippen LogP contribution >= 0.6 is 0 Å². The molecule has 3 rings (SSSR count). The number of furan rings is 1. The normalized spacial score (nSPS) is 10.6. The molecule has 0 unspecified atom stereocenters. The number of aromatic carboxylic acids is 1. The Balaban J connectivity index is 1.78. The van der Waals surface area contributed by atoms with Crippen LogP contribution in [0.25, 0.3) is 11.1 Å². The number of nitrogens with zero attached hydrogens (tertiary/aromatic N) is 2. The molecule has 0 saturated heterocycles. The molecule has 3 aromatic rings. The van der Waals surface area contributed by atoms with Crippen LogP contribution in [0.2, 0.25) is 0 Å². The van der Waals surface area contributed by atoms with Gasteiger partial charge in [0.15, 0.2) is 0 Å². The van der Waals surface area contributed by atoms with E-state index in [1.54, 1.807) is 16.9 Å². The Hall–Kier alpha value is -2.82. The molecule has 2 heterocycles. The Morgan fingerprint density at radius 3 is 2.65 bits per heavy atom. The predicted molar refractivity (Wildman–Crippen MR) is 72.4 cm³/mol. The molecule has 0 amide bonds. The first kappa shape index (κ1) is 12.2. The zero-order chi connectivity index (χ0) is 13.9. The molecule has 0 aliphatic heterocycles. The number of rotatable bonds is 4. The van der Waals surface area contributed by atoms with Gasteiger partial charge >= 0.3 is 5.97 Å². The standard InChI is InChI=1S/C15H12N2O3/c18-15(19)14-7-6-13(20-14)10-17-9-12(8-16-17)11-4-2-1-3-5-11/h1-9H,10H2,(H,18,19). The first-order valence-electron chi connectivity index (χ1n) is 6.12. The van der Waals surface area contributed by atoms with Gasteiger partial charge in [-0.25, -0.2) is 4.79 Å². The van der Waals surface area contributed by atoms with Gasteiger partial charge in [0.05, 0.1) is 12.7 Å². The van der Waals surface area contributed by atoms with Crippen LogP contribution in [0, 0.1) is 0 Å². The van der Waals surface area contributed by atoms with Crippen LogP contribution in [0.5, 0.6) is 0 Å². The van der Waals surface area contributed by atoms with Crippen LogP contribution in [0.3, 0.4) is 0 Å². The second-order valence-corrected chi connectivity index (χ2v) is 4.36. The Labute approximate surface area is 115 Å². The summed E-state index contributed by atoms with van der Waals surface area (Å²) in [7, 11) is 0. The van der Waals surface area contributed by atoms with Gasteiger partial charge in [-0.1, -0.05) is 30.3 Å².